The van der Waals surface area contributed by atoms with E-state index in [1.165, 1.54) is 0 Å². The van der Waals surface area contributed by atoms with Crippen molar-refractivity contribution in [1.29, 1.82) is 0 Å². The van der Waals surface area contributed by atoms with Gasteiger partial charge in [0.2, 0.25) is 0 Å². The van der Waals surface area contributed by atoms with E-state index in [4.69, 9.17) is 0 Å². The van der Waals surface area contributed by atoms with Crippen LogP contribution in [0.25, 0.3) is 0 Å². The number of hydrogen-bond acceptors (Lipinski definition) is 5. The largest absolute Gasteiger partial charge is 0.381 e. The molecule has 0 aromatic carbocycles. The summed E-state index contributed by atoms with van der Waals surface area (Å²) in [5, 5.41) is 19.0. The van der Waals surface area contributed by atoms with E-state index in [2.05, 4.69) is 15.3 Å². The minimum Gasteiger partial charge on any atom is -0.381 e. The van der Waals surface area contributed by atoms with Gasteiger partial charge in [-0.1, -0.05) is 12.1 Å². The van der Waals surface area contributed by atoms with Crippen molar-refractivity contribution in [2.24, 2.45) is 0 Å². The molecule has 1 fully saturated rings. The van der Waals surface area contributed by atoms with Gasteiger partial charge in [0.15, 0.2) is 0 Å². The van der Waals surface area contributed by atoms with E-state index in [9.17, 15) is 9.90 Å². The van der Waals surface area contributed by atoms with E-state index in [0.29, 0.717) is 24.4 Å². The van der Waals surface area contributed by atoms with Gasteiger partial charge in [0, 0.05) is 25.2 Å². The van der Waals surface area contributed by atoms with E-state index in [0.717, 1.165) is 12.0 Å². The molecular weight excluding hydrogens is 306 g/mol. The second-order valence-corrected chi connectivity index (χ2v) is 6.59. The Bertz CT molecular complexity index is 742. The van der Waals surface area contributed by atoms with Crippen LogP contribution < -0.4 is 0 Å². The summed E-state index contributed by atoms with van der Waals surface area (Å²) in [4.78, 5) is 18.5. The van der Waals surface area contributed by atoms with Crippen molar-refractivity contribution in [3.63, 3.8) is 0 Å². The zero-order valence-electron chi connectivity index (χ0n) is 14.3. The summed E-state index contributed by atoms with van der Waals surface area (Å²) < 4.78 is 1.71. The number of aryl methyl sites for hydroxylation is 1. The second-order valence-electron chi connectivity index (χ2n) is 6.59. The van der Waals surface area contributed by atoms with Crippen LogP contribution in [0.3, 0.4) is 0 Å². The first-order valence-corrected chi connectivity index (χ1v) is 8.32. The average molecular weight is 329 g/mol. The number of rotatable bonds is 4. The van der Waals surface area contributed by atoms with Gasteiger partial charge in [-0.05, 0) is 38.0 Å². The van der Waals surface area contributed by atoms with Gasteiger partial charge in [-0.2, -0.15) is 0 Å². The smallest absolute Gasteiger partial charge is 0.272 e. The molecule has 2 aromatic rings. The van der Waals surface area contributed by atoms with Gasteiger partial charge >= 0.3 is 0 Å². The number of nitrogens with zero attached hydrogens (tertiary/aromatic N) is 5. The summed E-state index contributed by atoms with van der Waals surface area (Å²) in [6, 6.07) is 3.89. The van der Waals surface area contributed by atoms with Crippen LogP contribution in [-0.2, 0) is 12.0 Å². The minimum atomic E-state index is -1.15. The molecule has 0 saturated carbocycles. The van der Waals surface area contributed by atoms with E-state index in [1.807, 2.05) is 32.9 Å². The Kier molecular flexibility index (Phi) is 4.36. The summed E-state index contributed by atoms with van der Waals surface area (Å²) in [6.45, 7) is 6.72. The molecule has 128 valence electrons. The third-order valence-electron chi connectivity index (χ3n) is 4.50. The predicted octanol–water partition coefficient (Wildman–Crippen LogP) is 1.55. The number of hydrogen-bond donors (Lipinski definition) is 1. The Morgan fingerprint density at radius 2 is 2.25 bits per heavy atom. The van der Waals surface area contributed by atoms with Crippen LogP contribution in [0.15, 0.2) is 24.5 Å². The number of amides is 1. The molecule has 3 heterocycles. The maximum atomic E-state index is 12.7. The first-order valence-electron chi connectivity index (χ1n) is 8.32. The number of β-amino-alcohol motifs (C(OH)–C–C–N with tert-alkyl or cyclic N) is 1. The molecule has 3 rings (SSSR count). The lowest BCUT2D eigenvalue weighted by Crippen LogP contribution is -2.35. The summed E-state index contributed by atoms with van der Waals surface area (Å²) in [7, 11) is 0. The first-order chi connectivity index (χ1) is 11.4. The van der Waals surface area contributed by atoms with Crippen LogP contribution in [0.4, 0.5) is 0 Å². The fourth-order valence-electron chi connectivity index (χ4n) is 2.89. The van der Waals surface area contributed by atoms with E-state index in [-0.39, 0.29) is 18.5 Å². The van der Waals surface area contributed by atoms with Crippen molar-refractivity contribution in [3.05, 3.63) is 41.5 Å². The fraction of sp³-hybridized carbons (Fsp3) is 0.529. The molecule has 0 unspecified atom stereocenters. The third-order valence-corrected chi connectivity index (χ3v) is 4.50. The van der Waals surface area contributed by atoms with E-state index >= 15 is 0 Å². The quantitative estimate of drug-likeness (QED) is 0.920. The minimum absolute atomic E-state index is 0.155. The van der Waals surface area contributed by atoms with Crippen molar-refractivity contribution >= 4 is 5.91 Å². The average Bonchev–Trinajstić information content (AvgIpc) is 3.22. The molecule has 1 saturated heterocycles. The molecule has 24 heavy (non-hydrogen) atoms. The summed E-state index contributed by atoms with van der Waals surface area (Å²) in [6.07, 6.45) is 4.71. The van der Waals surface area contributed by atoms with Crippen LogP contribution in [0, 0.1) is 0 Å². The zero-order valence-corrected chi connectivity index (χ0v) is 14.3. The van der Waals surface area contributed by atoms with Crippen molar-refractivity contribution in [1.82, 2.24) is 24.9 Å². The van der Waals surface area contributed by atoms with Gasteiger partial charge in [0.05, 0.1) is 12.7 Å². The van der Waals surface area contributed by atoms with Crippen LogP contribution in [0.1, 0.15) is 55.0 Å². The highest BCUT2D eigenvalue weighted by molar-refractivity contribution is 5.92. The molecule has 1 aliphatic rings. The van der Waals surface area contributed by atoms with Crippen LogP contribution in [-0.4, -0.2) is 49.0 Å². The summed E-state index contributed by atoms with van der Waals surface area (Å²) in [5.74, 6) is -0.155. The second kappa shape index (κ2) is 6.32. The number of carbonyl (C=O) groups excluding carboxylic acids is 1. The molecule has 1 N–H and O–H groups in total. The predicted molar refractivity (Wildman–Crippen MR) is 88.4 cm³/mol. The number of likely N-dealkylation sites (tertiary alicyclic amines) is 1. The number of pyridine rings is 1. The number of aromatic nitrogens is 4. The van der Waals surface area contributed by atoms with Crippen molar-refractivity contribution in [2.45, 2.75) is 45.3 Å². The summed E-state index contributed by atoms with van der Waals surface area (Å²) >= 11 is 0. The molecule has 0 bridgehead atoms. The number of aliphatic hydroxyl groups is 1. The number of carbonyl (C=O) groups is 1. The first kappa shape index (κ1) is 16.6. The van der Waals surface area contributed by atoms with E-state index < -0.39 is 5.60 Å². The van der Waals surface area contributed by atoms with E-state index in [1.54, 1.807) is 22.0 Å². The van der Waals surface area contributed by atoms with Gasteiger partial charge in [-0.15, -0.1) is 5.10 Å². The van der Waals surface area contributed by atoms with Gasteiger partial charge in [0.1, 0.15) is 17.0 Å². The molecule has 0 spiro atoms. The lowest BCUT2D eigenvalue weighted by molar-refractivity contribution is 0.0380. The molecule has 2 aromatic heterocycles. The lowest BCUT2D eigenvalue weighted by Gasteiger charge is -2.21. The van der Waals surface area contributed by atoms with Crippen LogP contribution in [0.5, 0.6) is 0 Å². The van der Waals surface area contributed by atoms with Crippen LogP contribution in [0.2, 0.25) is 0 Å². The Labute approximate surface area is 141 Å². The van der Waals surface area contributed by atoms with Crippen molar-refractivity contribution in [2.75, 3.05) is 13.1 Å². The Balaban J connectivity index is 1.77. The van der Waals surface area contributed by atoms with Crippen molar-refractivity contribution < 1.29 is 9.90 Å². The maximum Gasteiger partial charge on any atom is 0.272 e. The van der Waals surface area contributed by atoms with Crippen molar-refractivity contribution in [3.8, 4) is 0 Å². The Hall–Kier alpha value is -2.28. The molecule has 0 radical (unpaired) electrons. The monoisotopic (exact) mass is 329 g/mol. The Morgan fingerprint density at radius 1 is 1.46 bits per heavy atom. The Morgan fingerprint density at radius 3 is 2.92 bits per heavy atom. The normalized spacial score (nSPS) is 20.8. The van der Waals surface area contributed by atoms with Gasteiger partial charge in [-0.25, -0.2) is 4.68 Å². The summed E-state index contributed by atoms with van der Waals surface area (Å²) in [5.41, 5.74) is 0.861. The third kappa shape index (κ3) is 3.03. The highest BCUT2D eigenvalue weighted by Gasteiger charge is 2.42. The molecular formula is C17H23N5O2. The van der Waals surface area contributed by atoms with Gasteiger partial charge in [-0.3, -0.25) is 9.78 Å². The standard InChI is InChI=1S/C17H23N5O2/c1-4-13-5-7-18-14(9-13)16(23)21-8-6-17(24,11-21)15-10-22(12(2)3)20-19-15/h5,7,9-10,12,24H,4,6,8,11H2,1-3H3/t17-/m1/s1. The highest BCUT2D eigenvalue weighted by atomic mass is 16.3. The van der Waals surface area contributed by atoms with Gasteiger partial charge in [0.25, 0.3) is 5.91 Å². The maximum absolute atomic E-state index is 12.7. The molecule has 0 aliphatic carbocycles. The molecule has 1 amide bonds. The molecule has 7 nitrogen and oxygen atoms in total. The van der Waals surface area contributed by atoms with Crippen LogP contribution >= 0.6 is 0 Å². The molecule has 1 atom stereocenters. The zero-order chi connectivity index (χ0) is 17.3. The highest BCUT2D eigenvalue weighted by Crippen LogP contribution is 2.31. The SMILES string of the molecule is CCc1ccnc(C(=O)N2CC[C@](O)(c3cn(C(C)C)nn3)C2)c1. The molecule has 1 aliphatic heterocycles. The fourth-order valence-corrected chi connectivity index (χ4v) is 2.89. The lowest BCUT2D eigenvalue weighted by atomic mass is 10.00. The van der Waals surface area contributed by atoms with Gasteiger partial charge < -0.3 is 10.0 Å². The topological polar surface area (TPSA) is 84.1 Å². The molecule has 7 heteroatoms.